The van der Waals surface area contributed by atoms with Gasteiger partial charge < -0.3 is 5.73 Å². The number of nitrogens with zero attached hydrogens (tertiary/aromatic N) is 2. The fourth-order valence-electron chi connectivity index (χ4n) is 3.46. The molecular weight excluding hydrogens is 242 g/mol. The first-order chi connectivity index (χ1) is 8.72. The summed E-state index contributed by atoms with van der Waals surface area (Å²) in [5, 5.41) is 0. The molecule has 0 amide bonds. The van der Waals surface area contributed by atoms with Gasteiger partial charge in [0.1, 0.15) is 0 Å². The molecule has 2 rings (SSSR count). The summed E-state index contributed by atoms with van der Waals surface area (Å²) in [5.74, 6) is 0. The molecule has 0 spiro atoms. The molecule has 1 heterocycles. The van der Waals surface area contributed by atoms with Crippen LogP contribution in [0.5, 0.6) is 0 Å². The molecule has 1 saturated heterocycles. The lowest BCUT2D eigenvalue weighted by Crippen LogP contribution is -2.55. The van der Waals surface area contributed by atoms with Gasteiger partial charge in [0, 0.05) is 32.2 Å². The molecule has 3 nitrogen and oxygen atoms in total. The minimum absolute atomic E-state index is 0.329. The Kier molecular flexibility index (Phi) is 5.39. The Hall–Kier alpha value is -0.190. The smallest absolute Gasteiger partial charge is 0.0902 e. The van der Waals surface area contributed by atoms with E-state index in [1.54, 1.807) is 0 Å². The van der Waals surface area contributed by atoms with Crippen LogP contribution in [-0.4, -0.2) is 53.1 Å². The Balaban J connectivity index is 1.82. The zero-order valence-electron chi connectivity index (χ0n) is 11.6. The van der Waals surface area contributed by atoms with Crippen molar-refractivity contribution >= 4 is 17.2 Å². The zero-order valence-corrected chi connectivity index (χ0v) is 12.4. The Bertz CT molecular complexity index is 268. The SMILES string of the molecule is CCCC(C(N)=S)N1CCN(C2CCCC2)CC1. The third-order valence-electron chi connectivity index (χ3n) is 4.52. The fourth-order valence-corrected chi connectivity index (χ4v) is 3.73. The van der Waals surface area contributed by atoms with E-state index in [-0.39, 0.29) is 0 Å². The second kappa shape index (κ2) is 6.83. The Morgan fingerprint density at radius 3 is 2.33 bits per heavy atom. The third-order valence-corrected chi connectivity index (χ3v) is 4.79. The Morgan fingerprint density at radius 1 is 1.22 bits per heavy atom. The second-order valence-electron chi connectivity index (χ2n) is 5.72. The van der Waals surface area contributed by atoms with E-state index in [0.717, 1.165) is 32.0 Å². The Morgan fingerprint density at radius 2 is 1.83 bits per heavy atom. The predicted molar refractivity (Wildman–Crippen MR) is 80.9 cm³/mol. The minimum atomic E-state index is 0.329. The molecule has 4 heteroatoms. The zero-order chi connectivity index (χ0) is 13.0. The average molecular weight is 269 g/mol. The van der Waals surface area contributed by atoms with E-state index in [1.807, 2.05) is 0 Å². The molecule has 18 heavy (non-hydrogen) atoms. The molecule has 0 aromatic carbocycles. The summed E-state index contributed by atoms with van der Waals surface area (Å²) in [6, 6.07) is 1.19. The van der Waals surface area contributed by atoms with Gasteiger partial charge in [0.15, 0.2) is 0 Å². The second-order valence-corrected chi connectivity index (χ2v) is 6.19. The van der Waals surface area contributed by atoms with Gasteiger partial charge >= 0.3 is 0 Å². The van der Waals surface area contributed by atoms with Gasteiger partial charge in [0.05, 0.1) is 11.0 Å². The number of piperazine rings is 1. The van der Waals surface area contributed by atoms with Gasteiger partial charge in [-0.3, -0.25) is 9.80 Å². The molecule has 0 aromatic heterocycles. The molecule has 1 unspecified atom stereocenters. The maximum absolute atomic E-state index is 5.89. The predicted octanol–water partition coefficient (Wildman–Crippen LogP) is 2.00. The van der Waals surface area contributed by atoms with Gasteiger partial charge in [-0.05, 0) is 19.3 Å². The van der Waals surface area contributed by atoms with Gasteiger partial charge in [0.2, 0.25) is 0 Å². The maximum atomic E-state index is 5.89. The van der Waals surface area contributed by atoms with Crippen LogP contribution in [0.15, 0.2) is 0 Å². The van der Waals surface area contributed by atoms with Crippen LogP contribution in [0.4, 0.5) is 0 Å². The van der Waals surface area contributed by atoms with Crippen molar-refractivity contribution in [1.82, 2.24) is 9.80 Å². The van der Waals surface area contributed by atoms with Crippen molar-refractivity contribution in [3.05, 3.63) is 0 Å². The fraction of sp³-hybridized carbons (Fsp3) is 0.929. The van der Waals surface area contributed by atoms with E-state index >= 15 is 0 Å². The summed E-state index contributed by atoms with van der Waals surface area (Å²) in [6.45, 7) is 6.89. The lowest BCUT2D eigenvalue weighted by atomic mass is 10.1. The van der Waals surface area contributed by atoms with E-state index in [9.17, 15) is 0 Å². The van der Waals surface area contributed by atoms with Crippen molar-refractivity contribution < 1.29 is 0 Å². The molecule has 2 N–H and O–H groups in total. The molecule has 104 valence electrons. The molecule has 0 radical (unpaired) electrons. The lowest BCUT2D eigenvalue weighted by Gasteiger charge is -2.41. The molecule has 2 aliphatic rings. The van der Waals surface area contributed by atoms with Crippen molar-refractivity contribution in [3.63, 3.8) is 0 Å². The molecular formula is C14H27N3S. The van der Waals surface area contributed by atoms with Crippen LogP contribution >= 0.6 is 12.2 Å². The monoisotopic (exact) mass is 269 g/mol. The summed E-state index contributed by atoms with van der Waals surface area (Å²) in [6.07, 6.45) is 7.94. The first-order valence-electron chi connectivity index (χ1n) is 7.49. The number of rotatable bonds is 5. The highest BCUT2D eigenvalue weighted by Crippen LogP contribution is 2.24. The molecule has 0 bridgehead atoms. The topological polar surface area (TPSA) is 32.5 Å². The first-order valence-corrected chi connectivity index (χ1v) is 7.90. The lowest BCUT2D eigenvalue weighted by molar-refractivity contribution is 0.0848. The summed E-state index contributed by atoms with van der Waals surface area (Å²) in [4.78, 5) is 5.87. The minimum Gasteiger partial charge on any atom is -0.392 e. The molecule has 2 fully saturated rings. The first kappa shape index (κ1) is 14.2. The molecule has 1 aliphatic heterocycles. The van der Waals surface area contributed by atoms with Crippen LogP contribution in [0.3, 0.4) is 0 Å². The van der Waals surface area contributed by atoms with Crippen molar-refractivity contribution in [2.24, 2.45) is 5.73 Å². The number of hydrogen-bond acceptors (Lipinski definition) is 3. The standard InChI is InChI=1S/C14H27N3S/c1-2-5-13(14(15)18)17-10-8-16(9-11-17)12-6-3-4-7-12/h12-13H,2-11H2,1H3,(H2,15,18). The van der Waals surface area contributed by atoms with Crippen molar-refractivity contribution in [2.75, 3.05) is 26.2 Å². The molecule has 1 aliphatic carbocycles. The summed E-state index contributed by atoms with van der Waals surface area (Å²) in [7, 11) is 0. The van der Waals surface area contributed by atoms with Crippen LogP contribution in [0.25, 0.3) is 0 Å². The highest BCUT2D eigenvalue weighted by Gasteiger charge is 2.29. The molecule has 1 saturated carbocycles. The van der Waals surface area contributed by atoms with Gasteiger partial charge in [0.25, 0.3) is 0 Å². The van der Waals surface area contributed by atoms with Gasteiger partial charge in [-0.15, -0.1) is 0 Å². The maximum Gasteiger partial charge on any atom is 0.0902 e. The van der Waals surface area contributed by atoms with Crippen LogP contribution in [0.2, 0.25) is 0 Å². The van der Waals surface area contributed by atoms with Crippen LogP contribution in [-0.2, 0) is 0 Å². The van der Waals surface area contributed by atoms with E-state index in [1.165, 1.54) is 38.8 Å². The average Bonchev–Trinajstić information content (AvgIpc) is 2.90. The van der Waals surface area contributed by atoms with Crippen LogP contribution < -0.4 is 5.73 Å². The number of hydrogen-bond donors (Lipinski definition) is 1. The van der Waals surface area contributed by atoms with E-state index in [4.69, 9.17) is 18.0 Å². The van der Waals surface area contributed by atoms with E-state index < -0.39 is 0 Å². The summed E-state index contributed by atoms with van der Waals surface area (Å²) >= 11 is 5.22. The van der Waals surface area contributed by atoms with E-state index in [2.05, 4.69) is 16.7 Å². The largest absolute Gasteiger partial charge is 0.392 e. The van der Waals surface area contributed by atoms with Gasteiger partial charge in [-0.1, -0.05) is 38.4 Å². The van der Waals surface area contributed by atoms with Crippen LogP contribution in [0.1, 0.15) is 45.4 Å². The van der Waals surface area contributed by atoms with E-state index in [0.29, 0.717) is 11.0 Å². The van der Waals surface area contributed by atoms with Crippen molar-refractivity contribution in [2.45, 2.75) is 57.5 Å². The number of thiocarbonyl (C=S) groups is 1. The normalized spacial score (nSPS) is 25.4. The number of nitrogens with two attached hydrogens (primary N) is 1. The third kappa shape index (κ3) is 3.43. The summed E-state index contributed by atoms with van der Waals surface area (Å²) < 4.78 is 0. The molecule has 0 aromatic rings. The highest BCUT2D eigenvalue weighted by molar-refractivity contribution is 7.80. The quantitative estimate of drug-likeness (QED) is 0.774. The Labute approximate surface area is 117 Å². The molecule has 1 atom stereocenters. The van der Waals surface area contributed by atoms with Crippen molar-refractivity contribution in [3.8, 4) is 0 Å². The van der Waals surface area contributed by atoms with Gasteiger partial charge in [-0.25, -0.2) is 0 Å². The highest BCUT2D eigenvalue weighted by atomic mass is 32.1. The van der Waals surface area contributed by atoms with Crippen molar-refractivity contribution in [1.29, 1.82) is 0 Å². The summed E-state index contributed by atoms with van der Waals surface area (Å²) in [5.41, 5.74) is 5.89. The van der Waals surface area contributed by atoms with Gasteiger partial charge in [-0.2, -0.15) is 0 Å². The van der Waals surface area contributed by atoms with Crippen LogP contribution in [0, 0.1) is 0 Å².